The third-order valence-electron chi connectivity index (χ3n) is 1.33. The van der Waals surface area contributed by atoms with E-state index < -0.39 is 16.7 Å². The Kier molecular flexibility index (Phi) is 7.26. The standard InChI is InChI=1S/C8H21ClO4Si2/c1-6-10-15(11-7-2,12-8-3)13-14(4,5)9/h6-8H2,1-5H3. The van der Waals surface area contributed by atoms with Crippen molar-refractivity contribution >= 4 is 27.8 Å². The molecule has 0 bridgehead atoms. The van der Waals surface area contributed by atoms with Crippen LogP contribution in [-0.4, -0.2) is 36.5 Å². The van der Waals surface area contributed by atoms with Crippen LogP contribution in [0.5, 0.6) is 0 Å². The van der Waals surface area contributed by atoms with Gasteiger partial charge in [0.2, 0.25) is 0 Å². The average molecular weight is 273 g/mol. The molecule has 0 aliphatic heterocycles. The van der Waals surface area contributed by atoms with Crippen LogP contribution >= 0.6 is 11.1 Å². The molecule has 0 N–H and O–H groups in total. The smallest absolute Gasteiger partial charge is 0.380 e. The van der Waals surface area contributed by atoms with Crippen molar-refractivity contribution < 1.29 is 17.4 Å². The van der Waals surface area contributed by atoms with Gasteiger partial charge in [-0.25, -0.2) is 0 Å². The second kappa shape index (κ2) is 7.00. The van der Waals surface area contributed by atoms with Crippen molar-refractivity contribution in [3.63, 3.8) is 0 Å². The van der Waals surface area contributed by atoms with E-state index in [0.29, 0.717) is 19.8 Å². The lowest BCUT2D eigenvalue weighted by Gasteiger charge is -2.31. The summed E-state index contributed by atoms with van der Waals surface area (Å²) in [4.78, 5) is 0. The maximum absolute atomic E-state index is 6.14. The molecular formula is C8H21ClO4Si2. The van der Waals surface area contributed by atoms with E-state index in [4.69, 9.17) is 28.5 Å². The lowest BCUT2D eigenvalue weighted by Crippen LogP contribution is -2.54. The van der Waals surface area contributed by atoms with Crippen LogP contribution in [0.2, 0.25) is 13.1 Å². The quantitative estimate of drug-likeness (QED) is 0.503. The van der Waals surface area contributed by atoms with E-state index in [1.54, 1.807) is 0 Å². The minimum atomic E-state index is -3.00. The first-order valence-electron chi connectivity index (χ1n) is 5.20. The molecule has 0 aliphatic carbocycles. The molecule has 0 saturated heterocycles. The van der Waals surface area contributed by atoms with Crippen LogP contribution in [0, 0.1) is 0 Å². The van der Waals surface area contributed by atoms with E-state index in [1.807, 2.05) is 33.9 Å². The predicted octanol–water partition coefficient (Wildman–Crippen LogP) is 2.49. The second-order valence-corrected chi connectivity index (χ2v) is 11.4. The fraction of sp³-hybridized carbons (Fsp3) is 1.00. The van der Waals surface area contributed by atoms with Crippen LogP contribution in [0.4, 0.5) is 0 Å². The molecule has 0 amide bonds. The Morgan fingerprint density at radius 1 is 0.867 bits per heavy atom. The lowest BCUT2D eigenvalue weighted by atomic mass is 10.9. The zero-order chi connectivity index (χ0) is 11.9. The Morgan fingerprint density at radius 3 is 1.40 bits per heavy atom. The van der Waals surface area contributed by atoms with Crippen molar-refractivity contribution in [2.24, 2.45) is 0 Å². The predicted molar refractivity (Wildman–Crippen MR) is 65.1 cm³/mol. The summed E-state index contributed by atoms with van der Waals surface area (Å²) in [5.74, 6) is 0. The molecule has 0 rings (SSSR count). The molecule has 0 aromatic heterocycles. The van der Waals surface area contributed by atoms with Crippen molar-refractivity contribution in [2.45, 2.75) is 33.9 Å². The van der Waals surface area contributed by atoms with Crippen molar-refractivity contribution in [2.75, 3.05) is 19.8 Å². The summed E-state index contributed by atoms with van der Waals surface area (Å²) in [5, 5.41) is 0. The van der Waals surface area contributed by atoms with E-state index in [1.165, 1.54) is 0 Å². The Hall–Kier alpha value is 0.564. The Morgan fingerprint density at radius 2 is 1.20 bits per heavy atom. The highest BCUT2D eigenvalue weighted by Crippen LogP contribution is 2.21. The Labute approximate surface area is 99.1 Å². The molecule has 0 saturated carbocycles. The molecule has 0 aromatic rings. The summed E-state index contributed by atoms with van der Waals surface area (Å²) in [5.41, 5.74) is 0. The second-order valence-electron chi connectivity index (χ2n) is 3.26. The molecule has 0 aromatic carbocycles. The monoisotopic (exact) mass is 272 g/mol. The van der Waals surface area contributed by atoms with Gasteiger partial charge in [-0.3, -0.25) is 0 Å². The minimum absolute atomic E-state index is 0.494. The molecule has 7 heteroatoms. The van der Waals surface area contributed by atoms with Gasteiger partial charge in [-0.05, 0) is 33.9 Å². The Balaban J connectivity index is 4.60. The zero-order valence-corrected chi connectivity index (χ0v) is 12.9. The molecule has 0 spiro atoms. The number of hydrogen-bond acceptors (Lipinski definition) is 4. The van der Waals surface area contributed by atoms with Crippen LogP contribution in [0.3, 0.4) is 0 Å². The summed E-state index contributed by atoms with van der Waals surface area (Å²) in [6.45, 7) is 10.9. The number of rotatable bonds is 8. The van der Waals surface area contributed by atoms with Crippen molar-refractivity contribution in [3.05, 3.63) is 0 Å². The van der Waals surface area contributed by atoms with Gasteiger partial charge in [0.1, 0.15) is 0 Å². The molecule has 0 fully saturated rings. The van der Waals surface area contributed by atoms with E-state index in [0.717, 1.165) is 0 Å². The van der Waals surface area contributed by atoms with Crippen molar-refractivity contribution in [3.8, 4) is 0 Å². The SMILES string of the molecule is CCO[Si](OCC)(OCC)O[Si](C)(C)Cl. The van der Waals surface area contributed by atoms with Crippen molar-refractivity contribution in [1.29, 1.82) is 0 Å². The highest BCUT2D eigenvalue weighted by atomic mass is 35.6. The molecule has 15 heavy (non-hydrogen) atoms. The number of halogens is 1. The summed E-state index contributed by atoms with van der Waals surface area (Å²) < 4.78 is 22.3. The van der Waals surface area contributed by atoms with Gasteiger partial charge >= 0.3 is 9.05 Å². The summed E-state index contributed by atoms with van der Waals surface area (Å²) >= 11 is 6.14. The molecule has 0 radical (unpaired) electrons. The van der Waals surface area contributed by atoms with Gasteiger partial charge in [0, 0.05) is 19.8 Å². The van der Waals surface area contributed by atoms with E-state index in [9.17, 15) is 0 Å². The maximum Gasteiger partial charge on any atom is 0.669 e. The van der Waals surface area contributed by atoms with E-state index in [-0.39, 0.29) is 0 Å². The molecular weight excluding hydrogens is 252 g/mol. The zero-order valence-electron chi connectivity index (χ0n) is 10.1. The van der Waals surface area contributed by atoms with Crippen LogP contribution in [0.15, 0.2) is 0 Å². The first-order chi connectivity index (χ1) is 6.89. The summed E-state index contributed by atoms with van der Waals surface area (Å²) in [6, 6.07) is 0. The topological polar surface area (TPSA) is 36.9 Å². The number of hydrogen-bond donors (Lipinski definition) is 0. The first kappa shape index (κ1) is 15.6. The molecule has 92 valence electrons. The fourth-order valence-corrected chi connectivity index (χ4v) is 6.29. The maximum atomic E-state index is 6.14. The molecule has 0 unspecified atom stereocenters. The van der Waals surface area contributed by atoms with Gasteiger partial charge in [0.05, 0.1) is 0 Å². The Bertz CT molecular complexity index is 157. The van der Waals surface area contributed by atoms with Gasteiger partial charge in [-0.15, -0.1) is 11.1 Å². The van der Waals surface area contributed by atoms with Crippen LogP contribution in [0.25, 0.3) is 0 Å². The molecule has 0 aliphatic rings. The first-order valence-corrected chi connectivity index (χ1v) is 10.8. The van der Waals surface area contributed by atoms with Gasteiger partial charge in [0.25, 0.3) is 7.63 Å². The molecule has 0 atom stereocenters. The van der Waals surface area contributed by atoms with E-state index in [2.05, 4.69) is 0 Å². The van der Waals surface area contributed by atoms with Gasteiger partial charge < -0.3 is 17.4 Å². The summed E-state index contributed by atoms with van der Waals surface area (Å²) in [7, 11) is -5.25. The minimum Gasteiger partial charge on any atom is -0.380 e. The van der Waals surface area contributed by atoms with Gasteiger partial charge in [-0.1, -0.05) is 0 Å². The highest BCUT2D eigenvalue weighted by Gasteiger charge is 2.49. The van der Waals surface area contributed by atoms with Crippen LogP contribution < -0.4 is 0 Å². The van der Waals surface area contributed by atoms with E-state index >= 15 is 0 Å². The highest BCUT2D eigenvalue weighted by molar-refractivity contribution is 7.17. The van der Waals surface area contributed by atoms with Gasteiger partial charge in [0.15, 0.2) is 0 Å². The summed E-state index contributed by atoms with van der Waals surface area (Å²) in [6.07, 6.45) is 0. The third-order valence-corrected chi connectivity index (χ3v) is 6.89. The normalized spacial score (nSPS) is 13.2. The largest absolute Gasteiger partial charge is 0.669 e. The lowest BCUT2D eigenvalue weighted by molar-refractivity contribution is 0.00845. The molecule has 4 nitrogen and oxygen atoms in total. The average Bonchev–Trinajstić information content (AvgIpc) is 2.01. The van der Waals surface area contributed by atoms with Crippen LogP contribution in [0.1, 0.15) is 20.8 Å². The van der Waals surface area contributed by atoms with Crippen LogP contribution in [-0.2, 0) is 17.4 Å². The molecule has 0 heterocycles. The third kappa shape index (κ3) is 6.67. The van der Waals surface area contributed by atoms with Crippen molar-refractivity contribution in [1.82, 2.24) is 0 Å². The fourth-order valence-electron chi connectivity index (χ4n) is 1.04. The van der Waals surface area contributed by atoms with Gasteiger partial charge in [-0.2, -0.15) is 0 Å².